The predicted octanol–water partition coefficient (Wildman–Crippen LogP) is 8.60. The fourth-order valence-corrected chi connectivity index (χ4v) is 4.95. The Morgan fingerprint density at radius 1 is 1.03 bits per heavy atom. The normalized spacial score (nSPS) is 11.1. The highest BCUT2D eigenvalue weighted by atomic mass is 32.2. The third kappa shape index (κ3) is 9.62. The molecule has 0 radical (unpaired) electrons. The summed E-state index contributed by atoms with van der Waals surface area (Å²) in [7, 11) is 0. The summed E-state index contributed by atoms with van der Waals surface area (Å²) in [5.41, 5.74) is 11.3. The average Bonchev–Trinajstić information content (AvgIpc) is 2.87. The summed E-state index contributed by atoms with van der Waals surface area (Å²) in [6, 6.07) is 19.1. The molecule has 1 atom stereocenters. The van der Waals surface area contributed by atoms with Crippen LogP contribution in [0.15, 0.2) is 54.6 Å². The van der Waals surface area contributed by atoms with Crippen molar-refractivity contribution in [3.05, 3.63) is 82.4 Å². The molecule has 0 aromatic heterocycles. The number of hydrogen-bond acceptors (Lipinski definition) is 4. The van der Waals surface area contributed by atoms with Crippen molar-refractivity contribution in [2.75, 3.05) is 0 Å². The van der Waals surface area contributed by atoms with E-state index in [1.165, 1.54) is 66.3 Å². The van der Waals surface area contributed by atoms with Gasteiger partial charge in [-0.25, -0.2) is 0 Å². The molecule has 0 amide bonds. The van der Waals surface area contributed by atoms with Crippen LogP contribution in [0.25, 0.3) is 10.8 Å². The molecule has 0 bridgehead atoms. The molecule has 0 aliphatic rings. The molecule has 1 unspecified atom stereocenters. The van der Waals surface area contributed by atoms with E-state index in [-0.39, 0.29) is 10.4 Å². The highest BCUT2D eigenvalue weighted by Gasteiger charge is 2.19. The first-order valence-corrected chi connectivity index (χ1v) is 13.7. The van der Waals surface area contributed by atoms with Crippen LogP contribution in [-0.2, 0) is 17.8 Å². The number of unbranched alkanes of at least 4 members (excludes halogenated alkanes) is 3. The third-order valence-electron chi connectivity index (χ3n) is 5.70. The molecule has 3 aromatic rings. The van der Waals surface area contributed by atoms with Crippen LogP contribution in [0.2, 0.25) is 0 Å². The first-order valence-electron chi connectivity index (χ1n) is 12.9. The van der Waals surface area contributed by atoms with E-state index in [0.29, 0.717) is 6.54 Å². The second kappa shape index (κ2) is 17.1. The molecule has 0 heterocycles. The van der Waals surface area contributed by atoms with Gasteiger partial charge in [-0.15, -0.1) is 0 Å². The van der Waals surface area contributed by atoms with Gasteiger partial charge in [0, 0.05) is 17.4 Å². The van der Waals surface area contributed by atoms with Gasteiger partial charge >= 0.3 is 0 Å². The van der Waals surface area contributed by atoms with Crippen LogP contribution in [0, 0.1) is 6.92 Å². The summed E-state index contributed by atoms with van der Waals surface area (Å²) in [6.07, 6.45) is 6.88. The molecule has 0 saturated heterocycles. The zero-order valence-electron chi connectivity index (χ0n) is 22.4. The van der Waals surface area contributed by atoms with Gasteiger partial charge in [0.1, 0.15) is 6.29 Å². The number of rotatable bonds is 9. The van der Waals surface area contributed by atoms with E-state index >= 15 is 0 Å². The summed E-state index contributed by atoms with van der Waals surface area (Å²) in [5.74, 6) is 0. The molecular weight excluding hydrogens is 450 g/mol. The fraction of sp³-hybridized carbons (Fsp3) is 0.419. The van der Waals surface area contributed by atoms with Crippen molar-refractivity contribution >= 4 is 33.9 Å². The number of hydrogen-bond donors (Lipinski definition) is 1. The maximum atomic E-state index is 13.1. The van der Waals surface area contributed by atoms with Crippen molar-refractivity contribution in [1.29, 1.82) is 0 Å². The molecule has 4 heteroatoms. The summed E-state index contributed by atoms with van der Waals surface area (Å²) < 4.78 is 0. The molecule has 3 aromatic carbocycles. The molecule has 190 valence electrons. The van der Waals surface area contributed by atoms with Gasteiger partial charge in [0.15, 0.2) is 0 Å². The summed E-state index contributed by atoms with van der Waals surface area (Å²) >= 11 is 1.41. The number of thioether (sulfide) groups is 1. The maximum absolute atomic E-state index is 13.1. The van der Waals surface area contributed by atoms with Crippen LogP contribution in [0.1, 0.15) is 98.2 Å². The molecule has 0 saturated carbocycles. The Morgan fingerprint density at radius 2 is 1.71 bits per heavy atom. The number of benzene rings is 3. The fourth-order valence-electron chi connectivity index (χ4n) is 3.99. The lowest BCUT2D eigenvalue weighted by molar-refractivity contribution is -0.106. The number of aldehydes is 1. The Hall–Kier alpha value is -2.43. The highest BCUT2D eigenvalue weighted by molar-refractivity contribution is 8.14. The van der Waals surface area contributed by atoms with E-state index in [9.17, 15) is 4.79 Å². The van der Waals surface area contributed by atoms with Crippen molar-refractivity contribution in [2.45, 2.75) is 85.4 Å². The van der Waals surface area contributed by atoms with Gasteiger partial charge in [0.2, 0.25) is 5.12 Å². The standard InChI is InChI=1S/C27H33NOS.C2H4O.C2H6/c1-4-5-6-7-10-21-16-22-11-8-9-12-24(22)25(17-21)20(3)30-27(29)26-15-19(2)13-14-23(26)18-28;1-2-3;1-2/h8-9,11-17,20H,4-7,10,18,28H2,1-3H3;2H,1H3;1-2H3. The molecule has 2 N–H and O–H groups in total. The van der Waals surface area contributed by atoms with E-state index < -0.39 is 0 Å². The van der Waals surface area contributed by atoms with Gasteiger partial charge in [-0.1, -0.05) is 106 Å². The van der Waals surface area contributed by atoms with Gasteiger partial charge in [-0.2, -0.15) is 0 Å². The van der Waals surface area contributed by atoms with Crippen LogP contribution in [0.5, 0.6) is 0 Å². The zero-order valence-corrected chi connectivity index (χ0v) is 23.2. The zero-order chi connectivity index (χ0) is 26.2. The topological polar surface area (TPSA) is 60.2 Å². The Kier molecular flexibility index (Phi) is 14.9. The molecule has 3 nitrogen and oxygen atoms in total. The van der Waals surface area contributed by atoms with Crippen molar-refractivity contribution in [1.82, 2.24) is 0 Å². The second-order valence-corrected chi connectivity index (χ2v) is 9.68. The monoisotopic (exact) mass is 493 g/mol. The lowest BCUT2D eigenvalue weighted by Crippen LogP contribution is -2.07. The van der Waals surface area contributed by atoms with Gasteiger partial charge < -0.3 is 10.5 Å². The molecule has 0 spiro atoms. The van der Waals surface area contributed by atoms with Crippen molar-refractivity contribution in [2.24, 2.45) is 5.73 Å². The minimum Gasteiger partial charge on any atom is -0.326 e. The Labute approximate surface area is 216 Å². The SMILES string of the molecule is CC.CC=O.CCCCCCc1cc(C(C)SC(=O)c2cc(C)ccc2CN)c2ccccc2c1. The molecular formula is C31H43NO2S. The van der Waals surface area contributed by atoms with Crippen molar-refractivity contribution in [3.8, 4) is 0 Å². The minimum atomic E-state index is 0.0733. The van der Waals surface area contributed by atoms with Gasteiger partial charge in [-0.3, -0.25) is 4.79 Å². The summed E-state index contributed by atoms with van der Waals surface area (Å²) in [5, 5.41) is 2.68. The van der Waals surface area contributed by atoms with Crippen molar-refractivity contribution in [3.63, 3.8) is 0 Å². The molecule has 0 aliphatic carbocycles. The second-order valence-electron chi connectivity index (χ2n) is 8.36. The average molecular weight is 494 g/mol. The van der Waals surface area contributed by atoms with Crippen LogP contribution in [-0.4, -0.2) is 11.4 Å². The number of fused-ring (bicyclic) bond motifs is 1. The third-order valence-corrected chi connectivity index (χ3v) is 6.74. The summed E-state index contributed by atoms with van der Waals surface area (Å²) in [4.78, 5) is 21.9. The van der Waals surface area contributed by atoms with Crippen LogP contribution in [0.4, 0.5) is 0 Å². The predicted molar refractivity (Wildman–Crippen MR) is 154 cm³/mol. The maximum Gasteiger partial charge on any atom is 0.220 e. The summed E-state index contributed by atoms with van der Waals surface area (Å²) in [6.45, 7) is 12.2. The van der Waals surface area contributed by atoms with E-state index in [2.05, 4.69) is 50.2 Å². The Bertz CT molecular complexity index is 1060. The number of aryl methyl sites for hydroxylation is 2. The smallest absolute Gasteiger partial charge is 0.220 e. The van der Waals surface area contributed by atoms with Gasteiger partial charge in [0.05, 0.1) is 0 Å². The number of carbonyl (C=O) groups excluding carboxylic acids is 2. The lowest BCUT2D eigenvalue weighted by atomic mass is 9.96. The molecule has 3 rings (SSSR count). The van der Waals surface area contributed by atoms with Crippen LogP contribution >= 0.6 is 11.8 Å². The van der Waals surface area contributed by atoms with E-state index in [1.54, 1.807) is 0 Å². The van der Waals surface area contributed by atoms with Gasteiger partial charge in [0.25, 0.3) is 0 Å². The molecule has 0 fully saturated rings. The van der Waals surface area contributed by atoms with E-state index in [1.807, 2.05) is 39.0 Å². The lowest BCUT2D eigenvalue weighted by Gasteiger charge is -2.17. The quantitative estimate of drug-likeness (QED) is 0.239. The van der Waals surface area contributed by atoms with Crippen LogP contribution < -0.4 is 5.73 Å². The largest absolute Gasteiger partial charge is 0.326 e. The highest BCUT2D eigenvalue weighted by Crippen LogP contribution is 2.37. The first-order chi connectivity index (χ1) is 16.9. The van der Waals surface area contributed by atoms with Crippen LogP contribution in [0.3, 0.4) is 0 Å². The number of carbonyl (C=O) groups is 2. The minimum absolute atomic E-state index is 0.0733. The van der Waals surface area contributed by atoms with Crippen molar-refractivity contribution < 1.29 is 9.59 Å². The molecule has 0 aliphatic heterocycles. The van der Waals surface area contributed by atoms with E-state index in [0.717, 1.165) is 29.4 Å². The Morgan fingerprint density at radius 3 is 2.37 bits per heavy atom. The first kappa shape index (κ1) is 30.6. The van der Waals surface area contributed by atoms with E-state index in [4.69, 9.17) is 10.5 Å². The Balaban J connectivity index is 0.00000114. The number of nitrogens with two attached hydrogens (primary N) is 1. The molecule has 35 heavy (non-hydrogen) atoms. The van der Waals surface area contributed by atoms with Gasteiger partial charge in [-0.05, 0) is 67.1 Å².